The van der Waals surface area contributed by atoms with E-state index in [1.54, 1.807) is 0 Å². The highest BCUT2D eigenvalue weighted by Crippen LogP contribution is 2.54. The Morgan fingerprint density at radius 2 is 1.60 bits per heavy atom. The van der Waals surface area contributed by atoms with Crippen LogP contribution in [0.4, 0.5) is 13.2 Å². The molecule has 3 aliphatic rings. The fraction of sp³-hybridized carbons (Fsp3) is 0.652. The lowest BCUT2D eigenvalue weighted by Gasteiger charge is -2.41. The maximum Gasteiger partial charge on any atom is 0.421 e. The van der Waals surface area contributed by atoms with E-state index in [1.807, 2.05) is 4.90 Å². The standard InChI is InChI=1S/C23H27F3N2O2/c1-21(30,23(24,25)26)16-4-2-15(3-5-16)20(29)28(18-8-9-18)19-10-12-22(14-27,13-11-19)17-6-7-17/h2-5,17-19,30H,6-13H2,1H3/t19?,21-,22?/m0/s1. The molecule has 0 spiro atoms. The van der Waals surface area contributed by atoms with Crippen LogP contribution in [0.15, 0.2) is 24.3 Å². The third kappa shape index (κ3) is 3.71. The quantitative estimate of drug-likeness (QED) is 0.735. The van der Waals surface area contributed by atoms with Crippen LogP contribution in [0.3, 0.4) is 0 Å². The molecule has 162 valence electrons. The Morgan fingerprint density at radius 1 is 1.07 bits per heavy atom. The Hall–Kier alpha value is -2.07. The van der Waals surface area contributed by atoms with Crippen LogP contribution in [0.25, 0.3) is 0 Å². The number of carbonyl (C=O) groups excluding carboxylic acids is 1. The van der Waals surface area contributed by atoms with Crippen LogP contribution in [0.1, 0.15) is 74.2 Å². The maximum atomic E-state index is 13.2. The molecule has 0 bridgehead atoms. The zero-order valence-corrected chi connectivity index (χ0v) is 17.1. The smallest absolute Gasteiger partial charge is 0.376 e. The second kappa shape index (κ2) is 7.26. The van der Waals surface area contributed by atoms with E-state index >= 15 is 0 Å². The van der Waals surface area contributed by atoms with Gasteiger partial charge in [-0.1, -0.05) is 12.1 Å². The van der Waals surface area contributed by atoms with Crippen LogP contribution >= 0.6 is 0 Å². The largest absolute Gasteiger partial charge is 0.421 e. The fourth-order valence-electron chi connectivity index (χ4n) is 4.88. The van der Waals surface area contributed by atoms with Gasteiger partial charge in [0.15, 0.2) is 5.60 Å². The highest BCUT2D eigenvalue weighted by atomic mass is 19.4. The van der Waals surface area contributed by atoms with E-state index in [0.717, 1.165) is 51.4 Å². The topological polar surface area (TPSA) is 64.3 Å². The van der Waals surface area contributed by atoms with Crippen molar-refractivity contribution in [1.29, 1.82) is 5.26 Å². The first kappa shape index (κ1) is 21.2. The van der Waals surface area contributed by atoms with E-state index in [9.17, 15) is 28.3 Å². The second-order valence-electron chi connectivity index (χ2n) is 9.36. The minimum Gasteiger partial charge on any atom is -0.376 e. The van der Waals surface area contributed by atoms with Gasteiger partial charge in [-0.15, -0.1) is 0 Å². The summed E-state index contributed by atoms with van der Waals surface area (Å²) in [4.78, 5) is 15.1. The number of halogens is 3. The number of nitrogens with zero attached hydrogens (tertiary/aromatic N) is 2. The van der Waals surface area contributed by atoms with E-state index in [1.165, 1.54) is 24.3 Å². The molecule has 0 radical (unpaired) electrons. The van der Waals surface area contributed by atoms with Gasteiger partial charge in [-0.05, 0) is 81.9 Å². The molecule has 1 atom stereocenters. The van der Waals surface area contributed by atoms with Gasteiger partial charge < -0.3 is 10.0 Å². The molecule has 3 aliphatic carbocycles. The fourth-order valence-corrected chi connectivity index (χ4v) is 4.88. The number of nitriles is 1. The summed E-state index contributed by atoms with van der Waals surface area (Å²) in [5.74, 6) is 0.332. The molecule has 0 aromatic heterocycles. The van der Waals surface area contributed by atoms with Gasteiger partial charge in [-0.2, -0.15) is 18.4 Å². The van der Waals surface area contributed by atoms with Crippen molar-refractivity contribution < 1.29 is 23.1 Å². The first-order valence-corrected chi connectivity index (χ1v) is 10.7. The summed E-state index contributed by atoms with van der Waals surface area (Å²) in [6, 6.07) is 7.92. The molecule has 1 aromatic carbocycles. The Kier molecular flexibility index (Phi) is 5.13. The highest BCUT2D eigenvalue weighted by Gasteiger charge is 2.52. The van der Waals surface area contributed by atoms with Crippen molar-refractivity contribution in [3.63, 3.8) is 0 Å². The molecule has 0 aliphatic heterocycles. The van der Waals surface area contributed by atoms with Crippen molar-refractivity contribution in [1.82, 2.24) is 4.90 Å². The van der Waals surface area contributed by atoms with Crippen LogP contribution in [0, 0.1) is 22.7 Å². The number of amides is 1. The van der Waals surface area contributed by atoms with E-state index < -0.39 is 11.8 Å². The molecule has 0 heterocycles. The van der Waals surface area contributed by atoms with Gasteiger partial charge in [0.25, 0.3) is 5.91 Å². The zero-order valence-electron chi connectivity index (χ0n) is 17.1. The molecule has 4 nitrogen and oxygen atoms in total. The predicted octanol–water partition coefficient (Wildman–Crippen LogP) is 4.92. The van der Waals surface area contributed by atoms with Gasteiger partial charge in [-0.25, -0.2) is 0 Å². The Morgan fingerprint density at radius 3 is 2.03 bits per heavy atom. The molecular weight excluding hydrogens is 393 g/mol. The summed E-state index contributed by atoms with van der Waals surface area (Å²) in [7, 11) is 0. The van der Waals surface area contributed by atoms with Gasteiger partial charge in [0.05, 0.1) is 11.5 Å². The molecule has 30 heavy (non-hydrogen) atoms. The van der Waals surface area contributed by atoms with Crippen molar-refractivity contribution in [3.05, 3.63) is 35.4 Å². The molecule has 0 unspecified atom stereocenters. The molecule has 1 aromatic rings. The third-order valence-electron chi connectivity index (χ3n) is 7.24. The summed E-state index contributed by atoms with van der Waals surface area (Å²) in [6.07, 6.45) is 2.54. The van der Waals surface area contributed by atoms with Crippen LogP contribution < -0.4 is 0 Å². The zero-order chi connectivity index (χ0) is 21.7. The molecule has 7 heteroatoms. The number of benzene rings is 1. The normalized spacial score (nSPS) is 29.0. The second-order valence-corrected chi connectivity index (χ2v) is 9.36. The lowest BCUT2D eigenvalue weighted by atomic mass is 9.70. The van der Waals surface area contributed by atoms with E-state index in [4.69, 9.17) is 0 Å². The molecule has 3 saturated carbocycles. The number of hydrogen-bond donors (Lipinski definition) is 1. The number of carbonyl (C=O) groups is 1. The van der Waals surface area contributed by atoms with Crippen LogP contribution in [0.5, 0.6) is 0 Å². The predicted molar refractivity (Wildman–Crippen MR) is 104 cm³/mol. The van der Waals surface area contributed by atoms with Crippen molar-refractivity contribution in [3.8, 4) is 6.07 Å². The van der Waals surface area contributed by atoms with Crippen LogP contribution in [-0.2, 0) is 5.60 Å². The number of aliphatic hydroxyl groups is 1. The van der Waals surface area contributed by atoms with Gasteiger partial charge in [0.1, 0.15) is 0 Å². The minimum absolute atomic E-state index is 0.0724. The Balaban J connectivity index is 1.49. The SMILES string of the molecule is C[C@](O)(c1ccc(C(=O)N(C2CC2)C2CCC(C#N)(C3CC3)CC2)cc1)C(F)(F)F. The molecule has 4 rings (SSSR count). The third-order valence-corrected chi connectivity index (χ3v) is 7.24. The van der Waals surface area contributed by atoms with Crippen molar-refractivity contribution in [2.45, 2.75) is 82.2 Å². The number of alkyl halides is 3. The molecule has 1 amide bonds. The maximum absolute atomic E-state index is 13.2. The summed E-state index contributed by atoms with van der Waals surface area (Å²) < 4.78 is 39.2. The Bertz CT molecular complexity index is 841. The van der Waals surface area contributed by atoms with Gasteiger partial charge in [0.2, 0.25) is 0 Å². The minimum atomic E-state index is -4.80. The summed E-state index contributed by atoms with van der Waals surface area (Å²) >= 11 is 0. The molecule has 1 N–H and O–H groups in total. The van der Waals surface area contributed by atoms with Gasteiger partial charge >= 0.3 is 6.18 Å². The summed E-state index contributed by atoms with van der Waals surface area (Å²) in [5, 5.41) is 19.5. The van der Waals surface area contributed by atoms with E-state index in [0.29, 0.717) is 18.4 Å². The van der Waals surface area contributed by atoms with Gasteiger partial charge in [0, 0.05) is 17.6 Å². The van der Waals surface area contributed by atoms with Crippen LogP contribution in [-0.4, -0.2) is 34.2 Å². The summed E-state index contributed by atoms with van der Waals surface area (Å²) in [5.41, 5.74) is -3.15. The average Bonchev–Trinajstić information content (AvgIpc) is 3.61. The highest BCUT2D eigenvalue weighted by molar-refractivity contribution is 5.95. The number of rotatable bonds is 5. The summed E-state index contributed by atoms with van der Waals surface area (Å²) in [6.45, 7) is 0.712. The molecular formula is C23H27F3N2O2. The first-order chi connectivity index (χ1) is 14.1. The first-order valence-electron chi connectivity index (χ1n) is 10.7. The van der Waals surface area contributed by atoms with Crippen molar-refractivity contribution in [2.75, 3.05) is 0 Å². The molecule has 3 fully saturated rings. The van der Waals surface area contributed by atoms with Crippen molar-refractivity contribution in [2.24, 2.45) is 11.3 Å². The average molecular weight is 420 g/mol. The monoisotopic (exact) mass is 420 g/mol. The Labute approximate surface area is 174 Å². The lowest BCUT2D eigenvalue weighted by Crippen LogP contribution is -2.46. The van der Waals surface area contributed by atoms with E-state index in [2.05, 4.69) is 6.07 Å². The van der Waals surface area contributed by atoms with Crippen molar-refractivity contribution >= 4 is 5.91 Å². The molecule has 0 saturated heterocycles. The number of hydrogen-bond acceptors (Lipinski definition) is 3. The van der Waals surface area contributed by atoms with E-state index in [-0.39, 0.29) is 29.0 Å². The van der Waals surface area contributed by atoms with Crippen LogP contribution in [0.2, 0.25) is 0 Å². The van der Waals surface area contributed by atoms with Gasteiger partial charge in [-0.3, -0.25) is 4.79 Å². The lowest BCUT2D eigenvalue weighted by molar-refractivity contribution is -0.258.